The number of hydrogen-bond donors (Lipinski definition) is 1. The molecule has 1 aromatic carbocycles. The molecule has 1 aliphatic heterocycles. The van der Waals surface area contributed by atoms with E-state index < -0.39 is 20.0 Å². The fraction of sp³-hybridized carbons (Fsp3) is 0.500. The minimum absolute atomic E-state index is 0.0877. The van der Waals surface area contributed by atoms with Gasteiger partial charge in [-0.2, -0.15) is 4.31 Å². The molecular formula is C12H18N2O5S2. The maximum Gasteiger partial charge on any atom is 0.243 e. The average Bonchev–Trinajstić information content (AvgIpc) is 2.36. The van der Waals surface area contributed by atoms with Gasteiger partial charge in [-0.3, -0.25) is 0 Å². The smallest absolute Gasteiger partial charge is 0.243 e. The maximum absolute atomic E-state index is 12.6. The fourth-order valence-corrected chi connectivity index (χ4v) is 4.56. The van der Waals surface area contributed by atoms with Crippen LogP contribution in [0, 0.1) is 0 Å². The highest BCUT2D eigenvalue weighted by atomic mass is 32.2. The van der Waals surface area contributed by atoms with Gasteiger partial charge in [-0.15, -0.1) is 0 Å². The van der Waals surface area contributed by atoms with Crippen molar-refractivity contribution >= 4 is 20.0 Å². The van der Waals surface area contributed by atoms with Crippen molar-refractivity contribution < 1.29 is 21.6 Å². The molecule has 0 unspecified atom stereocenters. The van der Waals surface area contributed by atoms with Crippen molar-refractivity contribution in [2.75, 3.05) is 13.1 Å². The van der Waals surface area contributed by atoms with Crippen LogP contribution in [0.3, 0.4) is 0 Å². The number of primary sulfonamides is 1. The van der Waals surface area contributed by atoms with Gasteiger partial charge in [-0.25, -0.2) is 22.0 Å². The Balaban J connectivity index is 2.40. The molecule has 0 spiro atoms. The molecule has 2 N–H and O–H groups in total. The third-order valence-corrected chi connectivity index (χ3v) is 5.90. The lowest BCUT2D eigenvalue weighted by Crippen LogP contribution is -2.48. The van der Waals surface area contributed by atoms with Gasteiger partial charge in [-0.05, 0) is 32.0 Å². The van der Waals surface area contributed by atoms with Gasteiger partial charge < -0.3 is 4.74 Å². The van der Waals surface area contributed by atoms with Crippen LogP contribution < -0.4 is 5.14 Å². The average molecular weight is 334 g/mol. The standard InChI is InChI=1S/C12H18N2O5S2/c1-9-7-14(8-10(2)19-9)21(17,18)12-5-3-4-11(6-12)20(13,15)16/h3-6,9-10H,7-8H2,1-2H3,(H2,13,15,16)/t9-,10-/m0/s1. The van der Waals surface area contributed by atoms with E-state index in [1.807, 2.05) is 0 Å². The molecule has 1 aromatic rings. The van der Waals surface area contributed by atoms with E-state index in [0.717, 1.165) is 6.07 Å². The third-order valence-electron chi connectivity index (χ3n) is 3.16. The molecular weight excluding hydrogens is 316 g/mol. The Hall–Kier alpha value is -1.00. The molecule has 0 aromatic heterocycles. The lowest BCUT2D eigenvalue weighted by atomic mass is 10.3. The Morgan fingerprint density at radius 1 is 1.10 bits per heavy atom. The maximum atomic E-state index is 12.6. The molecule has 0 saturated carbocycles. The second-order valence-corrected chi connectivity index (χ2v) is 8.60. The van der Waals surface area contributed by atoms with Crippen LogP contribution in [0.2, 0.25) is 0 Å². The fourth-order valence-electron chi connectivity index (χ4n) is 2.29. The molecule has 7 nitrogen and oxygen atoms in total. The second kappa shape index (κ2) is 5.65. The first-order valence-corrected chi connectivity index (χ1v) is 9.38. The van der Waals surface area contributed by atoms with E-state index >= 15 is 0 Å². The number of sulfonamides is 2. The minimum atomic E-state index is -3.95. The second-order valence-electron chi connectivity index (χ2n) is 5.10. The summed E-state index contributed by atoms with van der Waals surface area (Å²) in [5, 5.41) is 5.04. The van der Waals surface area contributed by atoms with Crippen LogP contribution in [0.15, 0.2) is 34.1 Å². The summed E-state index contributed by atoms with van der Waals surface area (Å²) >= 11 is 0. The summed E-state index contributed by atoms with van der Waals surface area (Å²) in [4.78, 5) is -0.312. The molecule has 2 atom stereocenters. The van der Waals surface area contributed by atoms with Gasteiger partial charge in [0.25, 0.3) is 0 Å². The van der Waals surface area contributed by atoms with Crippen molar-refractivity contribution in [1.29, 1.82) is 0 Å². The first kappa shape index (κ1) is 16.4. The predicted octanol–water partition coefficient (Wildman–Crippen LogP) is 0.132. The van der Waals surface area contributed by atoms with Crippen LogP contribution >= 0.6 is 0 Å². The number of nitrogens with zero attached hydrogens (tertiary/aromatic N) is 1. The van der Waals surface area contributed by atoms with E-state index in [4.69, 9.17) is 9.88 Å². The van der Waals surface area contributed by atoms with Crippen LogP contribution in [-0.2, 0) is 24.8 Å². The topological polar surface area (TPSA) is 107 Å². The Labute approximate surface area is 124 Å². The van der Waals surface area contributed by atoms with E-state index in [9.17, 15) is 16.8 Å². The van der Waals surface area contributed by atoms with Crippen LogP contribution in [0.4, 0.5) is 0 Å². The zero-order valence-corrected chi connectivity index (χ0v) is 13.4. The first-order valence-electron chi connectivity index (χ1n) is 6.39. The van der Waals surface area contributed by atoms with Gasteiger partial charge in [0.05, 0.1) is 22.0 Å². The highest BCUT2D eigenvalue weighted by molar-refractivity contribution is 7.90. The number of nitrogens with two attached hydrogens (primary N) is 1. The summed E-state index contributed by atoms with van der Waals surface area (Å²) in [5.74, 6) is 0. The van der Waals surface area contributed by atoms with Crippen LogP contribution in [0.5, 0.6) is 0 Å². The molecule has 2 rings (SSSR count). The zero-order valence-electron chi connectivity index (χ0n) is 11.8. The summed E-state index contributed by atoms with van der Waals surface area (Å²) in [6.07, 6.45) is -0.435. The molecule has 0 aliphatic carbocycles. The normalized spacial score (nSPS) is 24.9. The summed E-state index contributed by atoms with van der Waals surface area (Å²) in [6, 6.07) is 5.06. The van der Waals surface area contributed by atoms with E-state index in [1.165, 1.54) is 22.5 Å². The van der Waals surface area contributed by atoms with Gasteiger partial charge in [0, 0.05) is 13.1 Å². The molecule has 1 saturated heterocycles. The summed E-state index contributed by atoms with van der Waals surface area (Å²) in [6.45, 7) is 4.04. The van der Waals surface area contributed by atoms with Crippen molar-refractivity contribution in [3.05, 3.63) is 24.3 Å². The lowest BCUT2D eigenvalue weighted by molar-refractivity contribution is -0.0440. The number of ether oxygens (including phenoxy) is 1. The van der Waals surface area contributed by atoms with E-state index in [2.05, 4.69) is 0 Å². The highest BCUT2D eigenvalue weighted by Crippen LogP contribution is 2.22. The Kier molecular flexibility index (Phi) is 4.41. The zero-order chi connectivity index (χ0) is 15.8. The molecule has 21 heavy (non-hydrogen) atoms. The molecule has 1 fully saturated rings. The number of benzene rings is 1. The molecule has 0 radical (unpaired) electrons. The Bertz CT molecular complexity index is 720. The minimum Gasteiger partial charge on any atom is -0.373 e. The summed E-state index contributed by atoms with van der Waals surface area (Å²) in [5.41, 5.74) is 0. The largest absolute Gasteiger partial charge is 0.373 e. The van der Waals surface area contributed by atoms with E-state index in [1.54, 1.807) is 13.8 Å². The van der Waals surface area contributed by atoms with Crippen molar-refractivity contribution in [2.45, 2.75) is 35.8 Å². The van der Waals surface area contributed by atoms with E-state index in [0.29, 0.717) is 0 Å². The van der Waals surface area contributed by atoms with Crippen LogP contribution in [-0.4, -0.2) is 46.4 Å². The number of rotatable bonds is 3. The molecule has 1 heterocycles. The van der Waals surface area contributed by atoms with Gasteiger partial charge in [0.2, 0.25) is 20.0 Å². The van der Waals surface area contributed by atoms with Gasteiger partial charge in [0.1, 0.15) is 0 Å². The first-order chi connectivity index (χ1) is 9.60. The van der Waals surface area contributed by atoms with Crippen molar-refractivity contribution in [3.8, 4) is 0 Å². The Morgan fingerprint density at radius 3 is 2.14 bits per heavy atom. The summed E-state index contributed by atoms with van der Waals surface area (Å²) in [7, 11) is -7.72. The van der Waals surface area contributed by atoms with Crippen molar-refractivity contribution in [1.82, 2.24) is 4.31 Å². The monoisotopic (exact) mass is 334 g/mol. The van der Waals surface area contributed by atoms with E-state index in [-0.39, 0.29) is 35.1 Å². The predicted molar refractivity (Wildman–Crippen MR) is 76.6 cm³/mol. The molecule has 1 aliphatic rings. The third kappa shape index (κ3) is 3.61. The molecule has 9 heteroatoms. The SMILES string of the molecule is C[C@H]1CN(S(=O)(=O)c2cccc(S(N)(=O)=O)c2)C[C@H](C)O1. The molecule has 118 valence electrons. The van der Waals surface area contributed by atoms with Crippen molar-refractivity contribution in [3.63, 3.8) is 0 Å². The Morgan fingerprint density at radius 2 is 1.62 bits per heavy atom. The van der Waals surface area contributed by atoms with Gasteiger partial charge in [-0.1, -0.05) is 6.07 Å². The summed E-state index contributed by atoms with van der Waals surface area (Å²) < 4.78 is 54.7. The quantitative estimate of drug-likeness (QED) is 0.845. The lowest BCUT2D eigenvalue weighted by Gasteiger charge is -2.34. The van der Waals surface area contributed by atoms with Gasteiger partial charge in [0.15, 0.2) is 0 Å². The van der Waals surface area contributed by atoms with Gasteiger partial charge >= 0.3 is 0 Å². The van der Waals surface area contributed by atoms with Crippen LogP contribution in [0.1, 0.15) is 13.8 Å². The molecule has 0 bridgehead atoms. The molecule has 0 amide bonds. The van der Waals surface area contributed by atoms with Crippen LogP contribution in [0.25, 0.3) is 0 Å². The number of morpholine rings is 1. The highest BCUT2D eigenvalue weighted by Gasteiger charge is 2.32. The number of hydrogen-bond acceptors (Lipinski definition) is 5. The van der Waals surface area contributed by atoms with Crippen molar-refractivity contribution in [2.24, 2.45) is 5.14 Å².